The van der Waals surface area contributed by atoms with Gasteiger partial charge in [0, 0.05) is 30.5 Å². The molecule has 0 bridgehead atoms. The molecular formula is C18H21N3O3S. The van der Waals surface area contributed by atoms with Crippen LogP contribution in [0.5, 0.6) is 0 Å². The van der Waals surface area contributed by atoms with Gasteiger partial charge in [-0.1, -0.05) is 18.2 Å². The van der Waals surface area contributed by atoms with Crippen LogP contribution in [-0.2, 0) is 16.4 Å². The van der Waals surface area contributed by atoms with E-state index in [-0.39, 0.29) is 17.7 Å². The van der Waals surface area contributed by atoms with Gasteiger partial charge in [-0.2, -0.15) is 5.10 Å². The first-order valence-electron chi connectivity index (χ1n) is 8.27. The molecule has 0 aliphatic carbocycles. The van der Waals surface area contributed by atoms with Gasteiger partial charge in [0.05, 0.1) is 10.7 Å². The van der Waals surface area contributed by atoms with Crippen LogP contribution in [0.15, 0.2) is 48.8 Å². The predicted molar refractivity (Wildman–Crippen MR) is 96.6 cm³/mol. The lowest BCUT2D eigenvalue weighted by molar-refractivity contribution is 0.0937. The third-order valence-corrected chi connectivity index (χ3v) is 6.03. The molecule has 7 heteroatoms. The molecule has 1 aromatic heterocycles. The van der Waals surface area contributed by atoms with Gasteiger partial charge in [0.2, 0.25) is 0 Å². The summed E-state index contributed by atoms with van der Waals surface area (Å²) >= 11 is 0. The largest absolute Gasteiger partial charge is 0.350 e. The lowest BCUT2D eigenvalue weighted by atomic mass is 10.1. The molecule has 1 aromatic carbocycles. The van der Waals surface area contributed by atoms with E-state index in [1.54, 1.807) is 36.5 Å². The third-order valence-electron chi connectivity index (χ3n) is 4.19. The average molecular weight is 359 g/mol. The van der Waals surface area contributed by atoms with Gasteiger partial charge in [-0.3, -0.25) is 9.48 Å². The molecule has 1 unspecified atom stereocenters. The van der Waals surface area contributed by atoms with Crippen LogP contribution in [0.25, 0.3) is 4.91 Å². The number of carbonyl (C=O) groups is 1. The molecule has 132 valence electrons. The third kappa shape index (κ3) is 4.17. The van der Waals surface area contributed by atoms with Crippen molar-refractivity contribution in [2.75, 3.05) is 5.75 Å². The maximum Gasteiger partial charge on any atom is 0.251 e. The summed E-state index contributed by atoms with van der Waals surface area (Å²) < 4.78 is 25.9. The predicted octanol–water partition coefficient (Wildman–Crippen LogP) is 2.25. The number of aromatic nitrogens is 2. The Hall–Kier alpha value is -2.41. The quantitative estimate of drug-likeness (QED) is 0.858. The number of allylic oxidation sites excluding steroid dienone is 1. The number of hydrogen-bond acceptors (Lipinski definition) is 4. The van der Waals surface area contributed by atoms with Crippen molar-refractivity contribution in [3.05, 3.63) is 59.9 Å². The van der Waals surface area contributed by atoms with Crippen molar-refractivity contribution >= 4 is 20.6 Å². The molecule has 0 fully saturated rings. The minimum Gasteiger partial charge on any atom is -0.350 e. The van der Waals surface area contributed by atoms with Crippen LogP contribution < -0.4 is 5.32 Å². The summed E-state index contributed by atoms with van der Waals surface area (Å²) in [7, 11) is -3.22. The van der Waals surface area contributed by atoms with Crippen LogP contribution in [0, 0.1) is 0 Å². The number of nitrogens with one attached hydrogen (secondary N) is 1. The summed E-state index contributed by atoms with van der Waals surface area (Å²) in [4.78, 5) is 12.8. The number of nitrogens with zero attached hydrogens (tertiary/aromatic N) is 2. The van der Waals surface area contributed by atoms with Crippen LogP contribution in [0.4, 0.5) is 0 Å². The molecule has 1 atom stereocenters. The Bertz CT molecular complexity index is 886. The highest BCUT2D eigenvalue weighted by molar-refractivity contribution is 8.00. The molecule has 0 saturated heterocycles. The number of rotatable bonds is 6. The van der Waals surface area contributed by atoms with Gasteiger partial charge in [-0.25, -0.2) is 8.42 Å². The highest BCUT2D eigenvalue weighted by atomic mass is 32.2. The van der Waals surface area contributed by atoms with Crippen molar-refractivity contribution in [3.8, 4) is 0 Å². The Morgan fingerprint density at radius 3 is 2.88 bits per heavy atom. The SMILES string of the molecule is CC(CCn1cccn1)NC(=O)c1cccc(C2=CCCS2(=O)=O)c1. The second-order valence-corrected chi connectivity index (χ2v) is 8.27. The summed E-state index contributed by atoms with van der Waals surface area (Å²) in [6, 6.07) is 8.63. The highest BCUT2D eigenvalue weighted by Gasteiger charge is 2.24. The summed E-state index contributed by atoms with van der Waals surface area (Å²) in [6.07, 6.45) is 6.61. The fourth-order valence-electron chi connectivity index (χ4n) is 2.83. The molecule has 0 spiro atoms. The van der Waals surface area contributed by atoms with Crippen molar-refractivity contribution in [1.29, 1.82) is 0 Å². The molecule has 25 heavy (non-hydrogen) atoms. The van der Waals surface area contributed by atoms with E-state index < -0.39 is 9.84 Å². The summed E-state index contributed by atoms with van der Waals surface area (Å²) in [5.74, 6) is -0.0609. The van der Waals surface area contributed by atoms with Crippen molar-refractivity contribution < 1.29 is 13.2 Å². The Morgan fingerprint density at radius 2 is 2.20 bits per heavy atom. The Balaban J connectivity index is 1.65. The van der Waals surface area contributed by atoms with Gasteiger partial charge in [0.1, 0.15) is 0 Å². The number of carbonyl (C=O) groups excluding carboxylic acids is 1. The van der Waals surface area contributed by atoms with E-state index in [4.69, 9.17) is 0 Å². The Morgan fingerprint density at radius 1 is 1.36 bits per heavy atom. The fourth-order valence-corrected chi connectivity index (χ4v) is 4.34. The van der Waals surface area contributed by atoms with Crippen LogP contribution in [0.2, 0.25) is 0 Å². The maximum absolute atomic E-state index is 12.4. The van der Waals surface area contributed by atoms with Crippen LogP contribution in [-0.4, -0.2) is 35.9 Å². The molecule has 1 aliphatic heterocycles. The maximum atomic E-state index is 12.4. The van der Waals surface area contributed by atoms with E-state index in [0.29, 0.717) is 22.5 Å². The molecule has 3 rings (SSSR count). The van der Waals surface area contributed by atoms with Crippen LogP contribution in [0.1, 0.15) is 35.7 Å². The molecule has 0 saturated carbocycles. The van der Waals surface area contributed by atoms with Crippen LogP contribution >= 0.6 is 0 Å². The molecule has 6 nitrogen and oxygen atoms in total. The molecule has 2 heterocycles. The van der Waals surface area contributed by atoms with Gasteiger partial charge in [0.15, 0.2) is 9.84 Å². The fraction of sp³-hybridized carbons (Fsp3) is 0.333. The summed E-state index contributed by atoms with van der Waals surface area (Å²) in [5, 5.41) is 7.08. The van der Waals surface area contributed by atoms with Crippen molar-refractivity contribution in [2.45, 2.75) is 32.4 Å². The molecule has 1 N–H and O–H groups in total. The Kier molecular flexibility index (Phi) is 5.03. The van der Waals surface area contributed by atoms with Crippen LogP contribution in [0.3, 0.4) is 0 Å². The molecule has 1 aliphatic rings. The second-order valence-electron chi connectivity index (χ2n) is 6.19. The minimum absolute atomic E-state index is 0.0187. The normalized spacial score (nSPS) is 17.1. The van der Waals surface area contributed by atoms with E-state index in [9.17, 15) is 13.2 Å². The first-order valence-corrected chi connectivity index (χ1v) is 9.92. The van der Waals surface area contributed by atoms with Crippen molar-refractivity contribution in [1.82, 2.24) is 15.1 Å². The number of sulfone groups is 1. The summed E-state index contributed by atoms with van der Waals surface area (Å²) in [5.41, 5.74) is 1.04. The van der Waals surface area contributed by atoms with E-state index in [1.165, 1.54) is 0 Å². The number of hydrogen-bond donors (Lipinski definition) is 1. The topological polar surface area (TPSA) is 81.1 Å². The standard InChI is InChI=1S/C18H21N3O3S/c1-14(8-11-21-10-4-9-19-21)20-18(22)16-6-2-5-15(13-16)17-7-3-12-25(17,23)24/h2,4-7,9-10,13-14H,3,8,11-12H2,1H3,(H,20,22). The molecule has 1 amide bonds. The first kappa shape index (κ1) is 17.4. The number of amides is 1. The van der Waals surface area contributed by atoms with E-state index in [0.717, 1.165) is 13.0 Å². The molecule has 2 aromatic rings. The second kappa shape index (κ2) is 7.23. The number of benzene rings is 1. The molecular weight excluding hydrogens is 338 g/mol. The molecule has 0 radical (unpaired) electrons. The lowest BCUT2D eigenvalue weighted by Crippen LogP contribution is -2.33. The van der Waals surface area contributed by atoms with Gasteiger partial charge in [0.25, 0.3) is 5.91 Å². The first-order chi connectivity index (χ1) is 12.0. The monoisotopic (exact) mass is 359 g/mol. The zero-order valence-electron chi connectivity index (χ0n) is 14.1. The smallest absolute Gasteiger partial charge is 0.251 e. The van der Waals surface area contributed by atoms with E-state index in [1.807, 2.05) is 23.9 Å². The van der Waals surface area contributed by atoms with E-state index in [2.05, 4.69) is 10.4 Å². The van der Waals surface area contributed by atoms with Crippen molar-refractivity contribution in [3.63, 3.8) is 0 Å². The zero-order chi connectivity index (χ0) is 17.9. The average Bonchev–Trinajstić information content (AvgIpc) is 3.22. The van der Waals surface area contributed by atoms with Gasteiger partial charge in [-0.05, 0) is 43.5 Å². The number of aryl methyl sites for hydroxylation is 1. The minimum atomic E-state index is -3.22. The van der Waals surface area contributed by atoms with Gasteiger partial charge in [-0.15, -0.1) is 0 Å². The van der Waals surface area contributed by atoms with Crippen molar-refractivity contribution in [2.24, 2.45) is 0 Å². The van der Waals surface area contributed by atoms with Gasteiger partial charge >= 0.3 is 0 Å². The highest BCUT2D eigenvalue weighted by Crippen LogP contribution is 2.28. The zero-order valence-corrected chi connectivity index (χ0v) is 14.9. The van der Waals surface area contributed by atoms with E-state index >= 15 is 0 Å². The lowest BCUT2D eigenvalue weighted by Gasteiger charge is -2.14. The summed E-state index contributed by atoms with van der Waals surface area (Å²) in [6.45, 7) is 2.66. The Labute approximate surface area is 147 Å². The van der Waals surface area contributed by atoms with Gasteiger partial charge < -0.3 is 5.32 Å².